The Hall–Kier alpha value is -2.83. The highest BCUT2D eigenvalue weighted by atomic mass is 16.7. The lowest BCUT2D eigenvalue weighted by Gasteiger charge is -2.17. The predicted octanol–water partition coefficient (Wildman–Crippen LogP) is 2.48. The number of aryl methyl sites for hydroxylation is 1. The van der Waals surface area contributed by atoms with E-state index in [-0.39, 0.29) is 24.0 Å². The molecule has 1 aliphatic rings. The topological polar surface area (TPSA) is 84.7 Å². The van der Waals surface area contributed by atoms with Gasteiger partial charge in [-0.3, -0.25) is 14.3 Å². The normalized spacial score (nSPS) is 13.2. The lowest BCUT2D eigenvalue weighted by Crippen LogP contribution is -2.29. The Morgan fingerprint density at radius 3 is 2.75 bits per heavy atom. The number of aromatic nitrogens is 2. The summed E-state index contributed by atoms with van der Waals surface area (Å²) < 4.78 is 6.68. The van der Waals surface area contributed by atoms with Gasteiger partial charge in [0, 0.05) is 20.0 Å². The van der Waals surface area contributed by atoms with Crippen LogP contribution in [0.2, 0.25) is 0 Å². The average molecular weight is 329 g/mol. The van der Waals surface area contributed by atoms with Crippen LogP contribution in [0.1, 0.15) is 24.2 Å². The number of hydrogen-bond acceptors (Lipinski definition) is 4. The monoisotopic (exact) mass is 329 g/mol. The Kier molecular flexibility index (Phi) is 4.50. The first kappa shape index (κ1) is 16.0. The minimum absolute atomic E-state index is 0.126. The third-order valence-corrected chi connectivity index (χ3v) is 4.09. The van der Waals surface area contributed by atoms with E-state index in [1.807, 2.05) is 30.3 Å². The summed E-state index contributed by atoms with van der Waals surface area (Å²) >= 11 is 0. The van der Waals surface area contributed by atoms with Crippen molar-refractivity contribution in [1.29, 1.82) is 0 Å². The highest BCUT2D eigenvalue weighted by Gasteiger charge is 2.27. The van der Waals surface area contributed by atoms with Crippen LogP contribution in [-0.4, -0.2) is 33.8 Å². The van der Waals surface area contributed by atoms with Crippen LogP contribution >= 0.6 is 0 Å². The second-order valence-corrected chi connectivity index (χ2v) is 5.75. The van der Waals surface area contributed by atoms with Crippen molar-refractivity contribution in [3.05, 3.63) is 41.7 Å². The molecule has 0 saturated carbocycles. The van der Waals surface area contributed by atoms with Crippen molar-refractivity contribution in [2.75, 3.05) is 11.9 Å². The molecule has 2 heterocycles. The van der Waals surface area contributed by atoms with Crippen molar-refractivity contribution in [2.45, 2.75) is 32.2 Å². The van der Waals surface area contributed by atoms with Gasteiger partial charge in [-0.25, -0.2) is 9.78 Å². The van der Waals surface area contributed by atoms with E-state index in [1.165, 1.54) is 4.90 Å². The number of rotatable bonds is 4. The molecule has 1 N–H and O–H groups in total. The quantitative estimate of drug-likeness (QED) is 0.871. The van der Waals surface area contributed by atoms with Gasteiger partial charge in [-0.15, -0.1) is 0 Å². The Labute approximate surface area is 139 Å². The molecule has 0 radical (unpaired) electrons. The van der Waals surface area contributed by atoms with Crippen molar-refractivity contribution in [2.24, 2.45) is 0 Å². The molecule has 1 aliphatic heterocycles. The van der Waals surface area contributed by atoms with Gasteiger partial charge < -0.3 is 9.84 Å². The largest absolute Gasteiger partial charge is 0.512 e. The van der Waals surface area contributed by atoms with Crippen LogP contribution in [0, 0.1) is 0 Å². The van der Waals surface area contributed by atoms with E-state index in [1.54, 1.807) is 11.6 Å². The zero-order chi connectivity index (χ0) is 17.1. The van der Waals surface area contributed by atoms with E-state index in [0.29, 0.717) is 6.54 Å². The molecule has 0 atom stereocenters. The third kappa shape index (κ3) is 3.24. The summed E-state index contributed by atoms with van der Waals surface area (Å²) in [7, 11) is 1.59. The Morgan fingerprint density at radius 1 is 1.29 bits per heavy atom. The second-order valence-electron chi connectivity index (χ2n) is 5.75. The van der Waals surface area contributed by atoms with Crippen LogP contribution in [0.3, 0.4) is 0 Å². The standard InChI is InChI=1S/C17H19N3O4/c1-19(14(21)11-12-7-3-2-4-8-12)15-16(24-17(22)23)20-10-6-5-9-13(20)18-15/h2-4,7-8H,5-6,9-11H2,1H3,(H,22,23). The van der Waals surface area contributed by atoms with Gasteiger partial charge in [0.1, 0.15) is 5.82 Å². The molecule has 1 amide bonds. The molecule has 126 valence electrons. The number of likely N-dealkylation sites (N-methyl/N-ethyl adjacent to an activating group) is 1. The van der Waals surface area contributed by atoms with Gasteiger partial charge in [0.2, 0.25) is 5.91 Å². The number of anilines is 1. The van der Waals surface area contributed by atoms with Gasteiger partial charge in [-0.1, -0.05) is 30.3 Å². The van der Waals surface area contributed by atoms with Gasteiger partial charge in [-0.05, 0) is 18.4 Å². The first-order valence-corrected chi connectivity index (χ1v) is 7.87. The number of fused-ring (bicyclic) bond motifs is 1. The number of carbonyl (C=O) groups excluding carboxylic acids is 1. The molecular formula is C17H19N3O4. The summed E-state index contributed by atoms with van der Waals surface area (Å²) in [5.41, 5.74) is 0.888. The molecule has 1 aromatic carbocycles. The summed E-state index contributed by atoms with van der Waals surface area (Å²) in [6, 6.07) is 9.38. The number of ether oxygens (including phenoxy) is 1. The van der Waals surface area contributed by atoms with Gasteiger partial charge >= 0.3 is 6.16 Å². The molecular weight excluding hydrogens is 310 g/mol. The molecule has 2 aromatic rings. The first-order chi connectivity index (χ1) is 11.6. The van der Waals surface area contributed by atoms with Gasteiger partial charge in [0.25, 0.3) is 5.88 Å². The van der Waals surface area contributed by atoms with E-state index < -0.39 is 6.16 Å². The number of nitrogens with zero attached hydrogens (tertiary/aromatic N) is 3. The fourth-order valence-corrected chi connectivity index (χ4v) is 2.85. The van der Waals surface area contributed by atoms with Crippen molar-refractivity contribution in [3.63, 3.8) is 0 Å². The fourth-order valence-electron chi connectivity index (χ4n) is 2.85. The number of carbonyl (C=O) groups is 2. The lowest BCUT2D eigenvalue weighted by atomic mass is 10.1. The van der Waals surface area contributed by atoms with E-state index in [9.17, 15) is 9.59 Å². The van der Waals surface area contributed by atoms with E-state index in [0.717, 1.165) is 30.7 Å². The van der Waals surface area contributed by atoms with Crippen LogP contribution in [0.25, 0.3) is 0 Å². The number of carboxylic acid groups (broad SMARTS) is 1. The highest BCUT2D eigenvalue weighted by Crippen LogP contribution is 2.32. The maximum Gasteiger partial charge on any atom is 0.512 e. The van der Waals surface area contributed by atoms with Crippen LogP contribution in [0.4, 0.5) is 10.6 Å². The van der Waals surface area contributed by atoms with Crippen molar-refractivity contribution in [3.8, 4) is 5.88 Å². The summed E-state index contributed by atoms with van der Waals surface area (Å²) in [6.07, 6.45) is 1.47. The molecule has 0 unspecified atom stereocenters. The molecule has 3 rings (SSSR count). The minimum Gasteiger partial charge on any atom is -0.449 e. The molecule has 0 spiro atoms. The summed E-state index contributed by atoms with van der Waals surface area (Å²) in [4.78, 5) is 29.4. The average Bonchev–Trinajstić information content (AvgIpc) is 2.93. The lowest BCUT2D eigenvalue weighted by molar-refractivity contribution is -0.117. The molecule has 0 fully saturated rings. The number of amides is 1. The maximum atomic E-state index is 12.5. The van der Waals surface area contributed by atoms with Crippen molar-refractivity contribution in [1.82, 2.24) is 9.55 Å². The van der Waals surface area contributed by atoms with Crippen LogP contribution in [-0.2, 0) is 24.2 Å². The number of imidazole rings is 1. The van der Waals surface area contributed by atoms with Crippen molar-refractivity contribution < 1.29 is 19.4 Å². The van der Waals surface area contributed by atoms with Crippen LogP contribution in [0.5, 0.6) is 5.88 Å². The molecule has 0 bridgehead atoms. The van der Waals surface area contributed by atoms with E-state index in [2.05, 4.69) is 4.98 Å². The minimum atomic E-state index is -1.41. The van der Waals surface area contributed by atoms with E-state index >= 15 is 0 Å². The van der Waals surface area contributed by atoms with Gasteiger partial charge in [0.15, 0.2) is 5.82 Å². The Balaban J connectivity index is 1.88. The Morgan fingerprint density at radius 2 is 2.04 bits per heavy atom. The fraction of sp³-hybridized carbons (Fsp3) is 0.353. The second kappa shape index (κ2) is 6.74. The number of hydrogen-bond donors (Lipinski definition) is 1. The SMILES string of the molecule is CN(C(=O)Cc1ccccc1)c1nc2n(c1OC(=O)O)CCCC2. The van der Waals surface area contributed by atoms with Crippen LogP contribution < -0.4 is 9.64 Å². The summed E-state index contributed by atoms with van der Waals surface area (Å²) in [5, 5.41) is 9.00. The van der Waals surface area contributed by atoms with Crippen LogP contribution in [0.15, 0.2) is 30.3 Å². The molecule has 1 aromatic heterocycles. The molecule has 7 heteroatoms. The zero-order valence-electron chi connectivity index (χ0n) is 13.4. The molecule has 7 nitrogen and oxygen atoms in total. The van der Waals surface area contributed by atoms with Gasteiger partial charge in [-0.2, -0.15) is 0 Å². The Bertz CT molecular complexity index is 755. The summed E-state index contributed by atoms with van der Waals surface area (Å²) in [5.74, 6) is 0.968. The predicted molar refractivity (Wildman–Crippen MR) is 87.4 cm³/mol. The molecule has 0 saturated heterocycles. The number of benzene rings is 1. The maximum absolute atomic E-state index is 12.5. The highest BCUT2D eigenvalue weighted by molar-refractivity contribution is 5.94. The summed E-state index contributed by atoms with van der Waals surface area (Å²) in [6.45, 7) is 0.645. The zero-order valence-corrected chi connectivity index (χ0v) is 13.4. The van der Waals surface area contributed by atoms with E-state index in [4.69, 9.17) is 9.84 Å². The van der Waals surface area contributed by atoms with Gasteiger partial charge in [0.05, 0.1) is 6.42 Å². The third-order valence-electron chi connectivity index (χ3n) is 4.09. The van der Waals surface area contributed by atoms with Crippen molar-refractivity contribution >= 4 is 17.9 Å². The molecule has 0 aliphatic carbocycles. The smallest absolute Gasteiger partial charge is 0.449 e. The first-order valence-electron chi connectivity index (χ1n) is 7.87. The molecule has 24 heavy (non-hydrogen) atoms.